The van der Waals surface area contributed by atoms with E-state index >= 15 is 0 Å². The third-order valence-electron chi connectivity index (χ3n) is 4.53. The van der Waals surface area contributed by atoms with Crippen LogP contribution in [0.4, 0.5) is 5.82 Å². The third kappa shape index (κ3) is 2.57. The molecular formula is C15H16ClN5O4S. The Morgan fingerprint density at radius 3 is 2.77 bits per heavy atom. The Bertz CT molecular complexity index is 949. The van der Waals surface area contributed by atoms with Crippen molar-refractivity contribution >= 4 is 39.9 Å². The van der Waals surface area contributed by atoms with E-state index in [1.54, 1.807) is 6.07 Å². The zero-order valence-electron chi connectivity index (χ0n) is 13.4. The summed E-state index contributed by atoms with van der Waals surface area (Å²) in [5.74, 6) is 0.190. The van der Waals surface area contributed by atoms with Crippen molar-refractivity contribution in [3.63, 3.8) is 0 Å². The van der Waals surface area contributed by atoms with Crippen molar-refractivity contribution in [2.75, 3.05) is 12.3 Å². The first-order valence-electron chi connectivity index (χ1n) is 7.79. The number of halogens is 1. The van der Waals surface area contributed by atoms with Gasteiger partial charge in [0.15, 0.2) is 17.2 Å². The van der Waals surface area contributed by atoms with Gasteiger partial charge < -0.3 is 25.8 Å². The SMILES string of the molecule is Nc1ncnc2c1ncn2[C@]1(Cc2ccc(Cl)s2)O[C@H](CO)[C@@H](O)[C@H]1O. The standard InChI is InChI=1S/C15H16ClN5O4S/c16-9-2-1-7(26-9)3-15(12(24)11(23)8(4-22)25-15)21-6-20-10-13(17)18-5-19-14(10)21/h1-2,5-6,8,11-12,22-24H,3-4H2,(H2,17,18,19)/t8-,11-,12-,15-/m1/s1. The number of aliphatic hydroxyl groups is 3. The van der Waals surface area contributed by atoms with Crippen LogP contribution in [0.1, 0.15) is 4.88 Å². The molecule has 4 heterocycles. The van der Waals surface area contributed by atoms with Gasteiger partial charge in [-0.3, -0.25) is 4.57 Å². The molecule has 1 saturated heterocycles. The lowest BCUT2D eigenvalue weighted by atomic mass is 9.98. The molecule has 1 aliphatic heterocycles. The minimum Gasteiger partial charge on any atom is -0.394 e. The molecule has 1 fully saturated rings. The highest BCUT2D eigenvalue weighted by molar-refractivity contribution is 7.16. The highest BCUT2D eigenvalue weighted by Gasteiger charge is 2.56. The first-order valence-corrected chi connectivity index (χ1v) is 8.99. The summed E-state index contributed by atoms with van der Waals surface area (Å²) in [6, 6.07) is 3.55. The molecule has 0 unspecified atom stereocenters. The van der Waals surface area contributed by atoms with Gasteiger partial charge in [-0.1, -0.05) is 11.6 Å². The summed E-state index contributed by atoms with van der Waals surface area (Å²) < 4.78 is 8.08. The average molecular weight is 398 g/mol. The summed E-state index contributed by atoms with van der Waals surface area (Å²) in [7, 11) is 0. The van der Waals surface area contributed by atoms with Crippen LogP contribution in [-0.2, 0) is 16.9 Å². The van der Waals surface area contributed by atoms with E-state index in [4.69, 9.17) is 22.1 Å². The highest BCUT2D eigenvalue weighted by atomic mass is 35.5. The highest BCUT2D eigenvalue weighted by Crippen LogP contribution is 2.41. The molecule has 0 amide bonds. The second kappa shape index (κ2) is 6.41. The first kappa shape index (κ1) is 17.6. The maximum Gasteiger partial charge on any atom is 0.181 e. The van der Waals surface area contributed by atoms with E-state index < -0.39 is 30.6 Å². The maximum atomic E-state index is 10.8. The summed E-state index contributed by atoms with van der Waals surface area (Å²) in [6.45, 7) is -0.449. The number of nitrogen functional groups attached to an aromatic ring is 1. The van der Waals surface area contributed by atoms with Crippen molar-refractivity contribution in [3.8, 4) is 0 Å². The number of aromatic nitrogens is 4. The number of hydrogen-bond acceptors (Lipinski definition) is 9. The molecule has 0 radical (unpaired) electrons. The number of hydrogen-bond donors (Lipinski definition) is 4. The van der Waals surface area contributed by atoms with Gasteiger partial charge in [0.05, 0.1) is 17.3 Å². The summed E-state index contributed by atoms with van der Waals surface area (Å²) in [6.07, 6.45) is -0.680. The van der Waals surface area contributed by atoms with Crippen LogP contribution in [0.5, 0.6) is 0 Å². The van der Waals surface area contributed by atoms with Gasteiger partial charge in [0.2, 0.25) is 0 Å². The van der Waals surface area contributed by atoms with Gasteiger partial charge in [-0.05, 0) is 12.1 Å². The molecule has 5 N–H and O–H groups in total. The predicted octanol–water partition coefficient (Wildman–Crippen LogP) is 0.132. The molecule has 11 heteroatoms. The molecule has 0 aliphatic carbocycles. The van der Waals surface area contributed by atoms with Crippen LogP contribution in [0.15, 0.2) is 24.8 Å². The molecular weight excluding hydrogens is 382 g/mol. The predicted molar refractivity (Wildman–Crippen MR) is 94.7 cm³/mol. The number of rotatable bonds is 4. The topological polar surface area (TPSA) is 140 Å². The van der Waals surface area contributed by atoms with Gasteiger partial charge in [0, 0.05) is 11.3 Å². The Hall–Kier alpha value is -1.82. The summed E-state index contributed by atoms with van der Waals surface area (Å²) in [4.78, 5) is 13.1. The van der Waals surface area contributed by atoms with Crippen molar-refractivity contribution in [2.45, 2.75) is 30.5 Å². The molecule has 4 rings (SSSR count). The first-order chi connectivity index (χ1) is 12.5. The monoisotopic (exact) mass is 397 g/mol. The van der Waals surface area contributed by atoms with E-state index in [1.165, 1.54) is 28.6 Å². The van der Waals surface area contributed by atoms with E-state index in [1.807, 2.05) is 6.07 Å². The molecule has 0 bridgehead atoms. The summed E-state index contributed by atoms with van der Waals surface area (Å²) >= 11 is 7.35. The van der Waals surface area contributed by atoms with Crippen LogP contribution in [0.2, 0.25) is 4.34 Å². The van der Waals surface area contributed by atoms with Crippen LogP contribution >= 0.6 is 22.9 Å². The molecule has 138 valence electrons. The van der Waals surface area contributed by atoms with Crippen LogP contribution in [0.25, 0.3) is 11.2 Å². The Morgan fingerprint density at radius 1 is 1.31 bits per heavy atom. The fraction of sp³-hybridized carbons (Fsp3) is 0.400. The van der Waals surface area contributed by atoms with Crippen LogP contribution in [0, 0.1) is 0 Å². The van der Waals surface area contributed by atoms with Crippen molar-refractivity contribution < 1.29 is 20.1 Å². The van der Waals surface area contributed by atoms with Gasteiger partial charge in [-0.15, -0.1) is 11.3 Å². The van der Waals surface area contributed by atoms with Crippen LogP contribution in [0.3, 0.4) is 0 Å². The number of ether oxygens (including phenoxy) is 1. The number of imidazole rings is 1. The number of anilines is 1. The van der Waals surface area contributed by atoms with E-state index in [-0.39, 0.29) is 12.2 Å². The fourth-order valence-electron chi connectivity index (χ4n) is 3.27. The Balaban J connectivity index is 1.89. The number of nitrogens with zero attached hydrogens (tertiary/aromatic N) is 4. The lowest BCUT2D eigenvalue weighted by Gasteiger charge is -2.33. The van der Waals surface area contributed by atoms with Gasteiger partial charge in [-0.25, -0.2) is 15.0 Å². The van der Waals surface area contributed by atoms with E-state index in [9.17, 15) is 15.3 Å². The number of aliphatic hydroxyl groups excluding tert-OH is 3. The fourth-order valence-corrected chi connectivity index (χ4v) is 4.44. The molecule has 0 saturated carbocycles. The summed E-state index contributed by atoms with van der Waals surface area (Å²) in [5, 5.41) is 30.7. The zero-order chi connectivity index (χ0) is 18.5. The van der Waals surface area contributed by atoms with Gasteiger partial charge >= 0.3 is 0 Å². The van der Waals surface area contributed by atoms with Crippen molar-refractivity contribution in [1.29, 1.82) is 0 Å². The van der Waals surface area contributed by atoms with Crippen molar-refractivity contribution in [2.24, 2.45) is 0 Å². The molecule has 9 nitrogen and oxygen atoms in total. The smallest absolute Gasteiger partial charge is 0.181 e. The second-order valence-electron chi connectivity index (χ2n) is 6.05. The largest absolute Gasteiger partial charge is 0.394 e. The third-order valence-corrected chi connectivity index (χ3v) is 5.76. The average Bonchev–Trinajstić information content (AvgIpc) is 3.29. The second-order valence-corrected chi connectivity index (χ2v) is 7.85. The number of fused-ring (bicyclic) bond motifs is 1. The van der Waals surface area contributed by atoms with Gasteiger partial charge in [0.25, 0.3) is 0 Å². The van der Waals surface area contributed by atoms with Crippen molar-refractivity contribution in [1.82, 2.24) is 19.5 Å². The Kier molecular flexibility index (Phi) is 4.34. The Morgan fingerprint density at radius 2 is 2.12 bits per heavy atom. The lowest BCUT2D eigenvalue weighted by molar-refractivity contribution is -0.144. The van der Waals surface area contributed by atoms with E-state index in [2.05, 4.69) is 15.0 Å². The molecule has 3 aromatic heterocycles. The molecule has 0 spiro atoms. The van der Waals surface area contributed by atoms with E-state index in [0.717, 1.165) is 4.88 Å². The Labute approximate surface area is 156 Å². The maximum absolute atomic E-state index is 10.8. The molecule has 0 aromatic carbocycles. The van der Waals surface area contributed by atoms with E-state index in [0.29, 0.717) is 15.5 Å². The van der Waals surface area contributed by atoms with Gasteiger partial charge in [-0.2, -0.15) is 0 Å². The number of nitrogens with two attached hydrogens (primary N) is 1. The zero-order valence-corrected chi connectivity index (χ0v) is 14.9. The lowest BCUT2D eigenvalue weighted by Crippen LogP contribution is -2.47. The quantitative estimate of drug-likeness (QED) is 0.487. The molecule has 3 aromatic rings. The number of thiophene rings is 1. The minimum atomic E-state index is -1.43. The molecule has 1 aliphatic rings. The normalized spacial score (nSPS) is 28.8. The molecule has 26 heavy (non-hydrogen) atoms. The van der Waals surface area contributed by atoms with Crippen LogP contribution < -0.4 is 5.73 Å². The van der Waals surface area contributed by atoms with Crippen molar-refractivity contribution in [3.05, 3.63) is 34.0 Å². The van der Waals surface area contributed by atoms with Gasteiger partial charge in [0.1, 0.15) is 30.2 Å². The molecule has 4 atom stereocenters. The minimum absolute atomic E-state index is 0.189. The summed E-state index contributed by atoms with van der Waals surface area (Å²) in [5.41, 5.74) is 5.12. The van der Waals surface area contributed by atoms with Crippen LogP contribution in [-0.4, -0.2) is 59.8 Å².